The maximum Gasteiger partial charge on any atom is 0.0305 e. The predicted octanol–water partition coefficient (Wildman–Crippen LogP) is 2.90. The van der Waals surface area contributed by atoms with Crippen LogP contribution in [0.4, 0.5) is 0 Å². The van der Waals surface area contributed by atoms with Crippen LogP contribution in [-0.2, 0) is 0 Å². The van der Waals surface area contributed by atoms with Crippen LogP contribution in [0.2, 0.25) is 0 Å². The largest absolute Gasteiger partial charge is 0.328 e. The van der Waals surface area contributed by atoms with Crippen molar-refractivity contribution < 1.29 is 0 Å². The summed E-state index contributed by atoms with van der Waals surface area (Å²) in [6.45, 7) is 6.66. The van der Waals surface area contributed by atoms with Crippen molar-refractivity contribution in [1.82, 2.24) is 5.32 Å². The first kappa shape index (κ1) is 12.1. The van der Waals surface area contributed by atoms with Gasteiger partial charge < -0.3 is 11.1 Å². The first-order chi connectivity index (χ1) is 7.56. The molecule has 3 unspecified atom stereocenters. The molecule has 0 bridgehead atoms. The van der Waals surface area contributed by atoms with Crippen LogP contribution in [0.15, 0.2) is 6.07 Å². The third-order valence-electron chi connectivity index (χ3n) is 3.50. The molecule has 2 nitrogen and oxygen atoms in total. The van der Waals surface area contributed by atoms with E-state index in [2.05, 4.69) is 32.2 Å². The Balaban J connectivity index is 1.97. The van der Waals surface area contributed by atoms with Crippen LogP contribution in [0.25, 0.3) is 0 Å². The normalized spacial score (nSPS) is 27.2. The van der Waals surface area contributed by atoms with Gasteiger partial charge in [-0.25, -0.2) is 0 Å². The van der Waals surface area contributed by atoms with Crippen molar-refractivity contribution in [2.75, 3.05) is 0 Å². The van der Waals surface area contributed by atoms with Crippen molar-refractivity contribution in [2.45, 2.75) is 58.2 Å². The fraction of sp³-hybridized carbons (Fsp3) is 0.692. The van der Waals surface area contributed by atoms with Crippen LogP contribution < -0.4 is 11.1 Å². The van der Waals surface area contributed by atoms with Gasteiger partial charge in [0.05, 0.1) is 0 Å². The van der Waals surface area contributed by atoms with Gasteiger partial charge in [-0.2, -0.15) is 0 Å². The van der Waals surface area contributed by atoms with E-state index >= 15 is 0 Å². The minimum atomic E-state index is 0.412. The molecule has 3 N–H and O–H groups in total. The summed E-state index contributed by atoms with van der Waals surface area (Å²) in [6.07, 6.45) is 3.53. The Morgan fingerprint density at radius 2 is 2.19 bits per heavy atom. The summed E-state index contributed by atoms with van der Waals surface area (Å²) in [5, 5.41) is 3.71. The monoisotopic (exact) mass is 238 g/mol. The number of nitrogens with two attached hydrogens (primary N) is 1. The average molecular weight is 238 g/mol. The number of hydrogen-bond acceptors (Lipinski definition) is 3. The number of aryl methyl sites for hydroxylation is 2. The first-order valence-electron chi connectivity index (χ1n) is 6.15. The van der Waals surface area contributed by atoms with Crippen LogP contribution >= 0.6 is 11.3 Å². The average Bonchev–Trinajstić information content (AvgIpc) is 2.73. The molecule has 0 radical (unpaired) electrons. The maximum absolute atomic E-state index is 5.94. The molecule has 0 saturated heterocycles. The lowest BCUT2D eigenvalue weighted by molar-refractivity contribution is 0.456. The van der Waals surface area contributed by atoms with E-state index in [-0.39, 0.29) is 0 Å². The van der Waals surface area contributed by atoms with Crippen molar-refractivity contribution in [3.8, 4) is 0 Å². The van der Waals surface area contributed by atoms with E-state index < -0.39 is 0 Å². The lowest BCUT2D eigenvalue weighted by Crippen LogP contribution is -2.30. The molecule has 0 aromatic carbocycles. The lowest BCUT2D eigenvalue weighted by atomic mass is 10.1. The Labute approximate surface area is 102 Å². The number of hydrogen-bond donors (Lipinski definition) is 2. The van der Waals surface area contributed by atoms with Gasteiger partial charge in [0.25, 0.3) is 0 Å². The van der Waals surface area contributed by atoms with Crippen LogP contribution in [0, 0.1) is 13.8 Å². The van der Waals surface area contributed by atoms with Gasteiger partial charge in [0.1, 0.15) is 0 Å². The van der Waals surface area contributed by atoms with Gasteiger partial charge in [-0.05, 0) is 51.7 Å². The molecule has 2 rings (SSSR count). The second kappa shape index (κ2) is 4.86. The minimum Gasteiger partial charge on any atom is -0.328 e. The topological polar surface area (TPSA) is 38.0 Å². The van der Waals surface area contributed by atoms with Crippen LogP contribution in [0.1, 0.15) is 47.5 Å². The van der Waals surface area contributed by atoms with Gasteiger partial charge in [-0.1, -0.05) is 0 Å². The number of thiophene rings is 1. The lowest BCUT2D eigenvalue weighted by Gasteiger charge is -2.19. The first-order valence-corrected chi connectivity index (χ1v) is 6.96. The highest BCUT2D eigenvalue weighted by atomic mass is 32.1. The molecule has 1 heterocycles. The molecule has 1 aliphatic rings. The summed E-state index contributed by atoms with van der Waals surface area (Å²) in [5.74, 6) is 0. The van der Waals surface area contributed by atoms with E-state index in [1.54, 1.807) is 0 Å². The van der Waals surface area contributed by atoms with E-state index in [9.17, 15) is 0 Å². The van der Waals surface area contributed by atoms with E-state index in [1.165, 1.54) is 28.2 Å². The molecule has 1 fully saturated rings. The minimum absolute atomic E-state index is 0.412. The molecule has 1 saturated carbocycles. The molecule has 16 heavy (non-hydrogen) atoms. The van der Waals surface area contributed by atoms with E-state index in [0.717, 1.165) is 6.42 Å². The van der Waals surface area contributed by atoms with E-state index in [0.29, 0.717) is 18.1 Å². The molecule has 3 heteroatoms. The van der Waals surface area contributed by atoms with Crippen LogP contribution in [-0.4, -0.2) is 12.1 Å². The molecule has 0 aliphatic heterocycles. The Morgan fingerprint density at radius 3 is 2.69 bits per heavy atom. The maximum atomic E-state index is 5.94. The highest BCUT2D eigenvalue weighted by molar-refractivity contribution is 7.12. The van der Waals surface area contributed by atoms with E-state index in [4.69, 9.17) is 5.73 Å². The molecular formula is C13H22N2S. The van der Waals surface area contributed by atoms with Crippen LogP contribution in [0.3, 0.4) is 0 Å². The molecule has 90 valence electrons. The van der Waals surface area contributed by atoms with Gasteiger partial charge in [-0.3, -0.25) is 0 Å². The van der Waals surface area contributed by atoms with Gasteiger partial charge >= 0.3 is 0 Å². The van der Waals surface area contributed by atoms with Crippen LogP contribution in [0.5, 0.6) is 0 Å². The third-order valence-corrected chi connectivity index (χ3v) is 4.49. The Hall–Kier alpha value is -0.380. The summed E-state index contributed by atoms with van der Waals surface area (Å²) >= 11 is 1.89. The highest BCUT2D eigenvalue weighted by Gasteiger charge is 2.23. The Morgan fingerprint density at radius 1 is 1.44 bits per heavy atom. The molecule has 1 aromatic heterocycles. The Kier molecular flexibility index (Phi) is 3.67. The molecule has 0 spiro atoms. The molecule has 3 atom stereocenters. The van der Waals surface area contributed by atoms with Crippen molar-refractivity contribution >= 4 is 11.3 Å². The summed E-state index contributed by atoms with van der Waals surface area (Å²) in [7, 11) is 0. The van der Waals surface area contributed by atoms with Gasteiger partial charge in [-0.15, -0.1) is 11.3 Å². The summed E-state index contributed by atoms with van der Waals surface area (Å²) in [5.41, 5.74) is 7.40. The van der Waals surface area contributed by atoms with Crippen molar-refractivity contribution in [3.05, 3.63) is 21.4 Å². The second-order valence-corrected chi connectivity index (χ2v) is 6.49. The van der Waals surface area contributed by atoms with Crippen molar-refractivity contribution in [3.63, 3.8) is 0 Å². The Bertz CT molecular complexity index is 359. The zero-order chi connectivity index (χ0) is 11.7. The number of rotatable bonds is 3. The molecule has 1 aliphatic carbocycles. The predicted molar refractivity (Wildman–Crippen MR) is 71.0 cm³/mol. The number of nitrogens with one attached hydrogen (secondary N) is 1. The van der Waals surface area contributed by atoms with Crippen molar-refractivity contribution in [1.29, 1.82) is 0 Å². The fourth-order valence-corrected chi connectivity index (χ4v) is 3.71. The smallest absolute Gasteiger partial charge is 0.0305 e. The SMILES string of the molecule is Cc1cc(C(C)NC2CCC(N)C2)c(C)s1. The zero-order valence-corrected chi connectivity index (χ0v) is 11.2. The standard InChI is InChI=1S/C13H22N2S/c1-8-6-13(10(3)16-8)9(2)15-12-5-4-11(14)7-12/h6,9,11-12,15H,4-5,7,14H2,1-3H3. The van der Waals surface area contributed by atoms with Gasteiger partial charge in [0.2, 0.25) is 0 Å². The molecule has 1 aromatic rings. The van der Waals surface area contributed by atoms with Crippen molar-refractivity contribution in [2.24, 2.45) is 5.73 Å². The fourth-order valence-electron chi connectivity index (χ4n) is 2.69. The molecular weight excluding hydrogens is 216 g/mol. The van der Waals surface area contributed by atoms with E-state index in [1.807, 2.05) is 11.3 Å². The third kappa shape index (κ3) is 2.65. The summed E-state index contributed by atoms with van der Waals surface area (Å²) in [4.78, 5) is 2.85. The van der Waals surface area contributed by atoms with Gasteiger partial charge in [0.15, 0.2) is 0 Å². The second-order valence-electron chi connectivity index (χ2n) is 5.03. The zero-order valence-electron chi connectivity index (χ0n) is 10.4. The quantitative estimate of drug-likeness (QED) is 0.850. The summed E-state index contributed by atoms with van der Waals surface area (Å²) in [6, 6.07) is 3.80. The highest BCUT2D eigenvalue weighted by Crippen LogP contribution is 2.28. The summed E-state index contributed by atoms with van der Waals surface area (Å²) < 4.78 is 0. The van der Waals surface area contributed by atoms with Gasteiger partial charge in [0, 0.05) is 27.9 Å². The molecule has 0 amide bonds.